The average molecular weight is 224 g/mol. The predicted octanol–water partition coefficient (Wildman–Crippen LogP) is 0.396. The first-order valence-electron chi connectivity index (χ1n) is 5.03. The zero-order valence-electron chi connectivity index (χ0n) is 9.64. The molecule has 2 amide bonds. The molecule has 0 fully saturated rings. The lowest BCUT2D eigenvalue weighted by Gasteiger charge is -2.22. The summed E-state index contributed by atoms with van der Waals surface area (Å²) in [5, 5.41) is 2.08. The molecule has 0 aromatic rings. The van der Waals surface area contributed by atoms with Gasteiger partial charge in [-0.3, -0.25) is 14.9 Å². The molecule has 16 heavy (non-hydrogen) atoms. The van der Waals surface area contributed by atoms with Crippen molar-refractivity contribution in [2.75, 3.05) is 7.05 Å². The molecule has 1 rings (SSSR count). The molecule has 0 spiro atoms. The van der Waals surface area contributed by atoms with Gasteiger partial charge in [-0.05, 0) is 19.9 Å². The number of nitrogens with one attached hydrogen (secondary N) is 1. The molecule has 1 aliphatic heterocycles. The Bertz CT molecular complexity index is 336. The molecule has 0 aliphatic carbocycles. The maximum Gasteiger partial charge on any atom is 0.254 e. The SMILES string of the molecule is C/C(=C/N(C)C1C=CC(C)O1)C(=O)NC=O. The lowest BCUT2D eigenvalue weighted by atomic mass is 10.3. The van der Waals surface area contributed by atoms with Crippen molar-refractivity contribution in [1.82, 2.24) is 10.2 Å². The number of ether oxygens (including phenoxy) is 1. The van der Waals surface area contributed by atoms with Gasteiger partial charge in [0.1, 0.15) is 6.23 Å². The molecule has 2 atom stereocenters. The fourth-order valence-corrected chi connectivity index (χ4v) is 1.40. The third-order valence-electron chi connectivity index (χ3n) is 2.25. The van der Waals surface area contributed by atoms with Gasteiger partial charge in [-0.1, -0.05) is 6.08 Å². The average Bonchev–Trinajstić information content (AvgIpc) is 2.65. The van der Waals surface area contributed by atoms with Crippen molar-refractivity contribution in [3.8, 4) is 0 Å². The largest absolute Gasteiger partial charge is 0.352 e. The maximum atomic E-state index is 11.3. The summed E-state index contributed by atoms with van der Waals surface area (Å²) < 4.78 is 5.53. The Hall–Kier alpha value is -1.62. The summed E-state index contributed by atoms with van der Waals surface area (Å²) in [5.74, 6) is -0.406. The zero-order valence-corrected chi connectivity index (χ0v) is 9.64. The third kappa shape index (κ3) is 3.20. The molecule has 0 aromatic heterocycles. The summed E-state index contributed by atoms with van der Waals surface area (Å²) in [5.41, 5.74) is 0.450. The van der Waals surface area contributed by atoms with E-state index < -0.39 is 5.91 Å². The number of hydrogen-bond acceptors (Lipinski definition) is 4. The molecule has 88 valence electrons. The van der Waals surface area contributed by atoms with Crippen molar-refractivity contribution in [3.63, 3.8) is 0 Å². The number of nitrogens with zero attached hydrogens (tertiary/aromatic N) is 1. The molecule has 2 unspecified atom stereocenters. The highest BCUT2D eigenvalue weighted by molar-refractivity contribution is 5.98. The third-order valence-corrected chi connectivity index (χ3v) is 2.25. The molecule has 1 heterocycles. The van der Waals surface area contributed by atoms with Crippen molar-refractivity contribution in [3.05, 3.63) is 23.9 Å². The van der Waals surface area contributed by atoms with Crippen molar-refractivity contribution in [2.24, 2.45) is 0 Å². The van der Waals surface area contributed by atoms with E-state index in [0.717, 1.165) is 0 Å². The van der Waals surface area contributed by atoms with Crippen LogP contribution in [0.15, 0.2) is 23.9 Å². The Morgan fingerprint density at radius 2 is 2.19 bits per heavy atom. The summed E-state index contributed by atoms with van der Waals surface area (Å²) in [6, 6.07) is 0. The minimum absolute atomic E-state index is 0.0879. The molecule has 0 saturated heterocycles. The number of imide groups is 1. The molecule has 5 heteroatoms. The second kappa shape index (κ2) is 5.46. The normalized spacial score (nSPS) is 24.3. The number of likely N-dealkylation sites (N-methyl/N-ethyl adjacent to an activating group) is 1. The van der Waals surface area contributed by atoms with Crippen molar-refractivity contribution in [1.29, 1.82) is 0 Å². The Labute approximate surface area is 94.7 Å². The summed E-state index contributed by atoms with van der Waals surface area (Å²) in [6.45, 7) is 3.58. The van der Waals surface area contributed by atoms with Gasteiger partial charge in [0.05, 0.1) is 6.10 Å². The van der Waals surface area contributed by atoms with Crippen molar-refractivity contribution >= 4 is 12.3 Å². The van der Waals surface area contributed by atoms with Gasteiger partial charge >= 0.3 is 0 Å². The van der Waals surface area contributed by atoms with E-state index in [1.165, 1.54) is 0 Å². The van der Waals surface area contributed by atoms with E-state index >= 15 is 0 Å². The van der Waals surface area contributed by atoms with Gasteiger partial charge in [-0.15, -0.1) is 0 Å². The van der Waals surface area contributed by atoms with Crippen LogP contribution >= 0.6 is 0 Å². The summed E-state index contributed by atoms with van der Waals surface area (Å²) in [4.78, 5) is 23.1. The topological polar surface area (TPSA) is 58.6 Å². The minimum atomic E-state index is -0.406. The number of carbonyl (C=O) groups excluding carboxylic acids is 2. The first-order valence-corrected chi connectivity index (χ1v) is 5.03. The van der Waals surface area contributed by atoms with Crippen LogP contribution in [0.4, 0.5) is 0 Å². The Balaban J connectivity index is 2.58. The molecule has 5 nitrogen and oxygen atoms in total. The fourth-order valence-electron chi connectivity index (χ4n) is 1.40. The minimum Gasteiger partial charge on any atom is -0.352 e. The van der Waals surface area contributed by atoms with E-state index in [9.17, 15) is 9.59 Å². The zero-order chi connectivity index (χ0) is 12.1. The highest BCUT2D eigenvalue weighted by Gasteiger charge is 2.18. The molecular weight excluding hydrogens is 208 g/mol. The van der Waals surface area contributed by atoms with Crippen LogP contribution < -0.4 is 5.32 Å². The smallest absolute Gasteiger partial charge is 0.254 e. The molecule has 0 aromatic carbocycles. The van der Waals surface area contributed by atoms with Crippen molar-refractivity contribution < 1.29 is 14.3 Å². The molecule has 0 bridgehead atoms. The van der Waals surface area contributed by atoms with E-state index in [2.05, 4.69) is 5.32 Å². The van der Waals surface area contributed by atoms with Gasteiger partial charge < -0.3 is 9.64 Å². The predicted molar refractivity (Wildman–Crippen MR) is 59.2 cm³/mol. The van der Waals surface area contributed by atoms with Crippen LogP contribution in [0.5, 0.6) is 0 Å². The van der Waals surface area contributed by atoms with E-state index in [1.807, 2.05) is 26.1 Å². The monoisotopic (exact) mass is 224 g/mol. The lowest BCUT2D eigenvalue weighted by molar-refractivity contribution is -0.122. The summed E-state index contributed by atoms with van der Waals surface area (Å²) in [7, 11) is 1.81. The Kier molecular flexibility index (Phi) is 4.25. The second-order valence-electron chi connectivity index (χ2n) is 3.69. The van der Waals surface area contributed by atoms with Crippen LogP contribution in [0.1, 0.15) is 13.8 Å². The molecule has 1 N–H and O–H groups in total. The molecular formula is C11H16N2O3. The van der Waals surface area contributed by atoms with Crippen LogP contribution in [0.3, 0.4) is 0 Å². The molecule has 1 aliphatic rings. The van der Waals surface area contributed by atoms with Gasteiger partial charge in [0, 0.05) is 18.8 Å². The van der Waals surface area contributed by atoms with Crippen molar-refractivity contribution in [2.45, 2.75) is 26.2 Å². The van der Waals surface area contributed by atoms with Gasteiger partial charge in [-0.2, -0.15) is 0 Å². The highest BCUT2D eigenvalue weighted by Crippen LogP contribution is 2.14. The van der Waals surface area contributed by atoms with Crippen LogP contribution in [-0.4, -0.2) is 36.6 Å². The van der Waals surface area contributed by atoms with Gasteiger partial charge in [0.15, 0.2) is 0 Å². The quantitative estimate of drug-likeness (QED) is 0.426. The van der Waals surface area contributed by atoms with Gasteiger partial charge in [0.25, 0.3) is 5.91 Å². The van der Waals surface area contributed by atoms with Gasteiger partial charge in [-0.25, -0.2) is 0 Å². The molecule has 0 saturated carbocycles. The lowest BCUT2D eigenvalue weighted by Crippen LogP contribution is -2.29. The van der Waals surface area contributed by atoms with E-state index in [4.69, 9.17) is 4.74 Å². The second-order valence-corrected chi connectivity index (χ2v) is 3.69. The van der Waals surface area contributed by atoms with E-state index in [0.29, 0.717) is 12.0 Å². The maximum absolute atomic E-state index is 11.3. The van der Waals surface area contributed by atoms with Crippen LogP contribution in [0.25, 0.3) is 0 Å². The number of hydrogen-bond donors (Lipinski definition) is 1. The summed E-state index contributed by atoms with van der Waals surface area (Å²) in [6.07, 6.45) is 5.82. The number of rotatable bonds is 4. The van der Waals surface area contributed by atoms with E-state index in [1.54, 1.807) is 18.0 Å². The first-order chi connectivity index (χ1) is 7.54. The number of carbonyl (C=O) groups is 2. The Morgan fingerprint density at radius 3 is 2.69 bits per heavy atom. The standard InChI is InChI=1S/C11H16N2O3/c1-8(11(15)12-7-14)6-13(3)10-5-4-9(2)16-10/h4-7,9-10H,1-3H3,(H,12,14,15)/b8-6-. The van der Waals surface area contributed by atoms with Crippen LogP contribution in [-0.2, 0) is 14.3 Å². The first kappa shape index (κ1) is 12.4. The fraction of sp³-hybridized carbons (Fsp3) is 0.455. The van der Waals surface area contributed by atoms with Crippen LogP contribution in [0, 0.1) is 0 Å². The van der Waals surface area contributed by atoms with E-state index in [-0.39, 0.29) is 12.3 Å². The number of amides is 2. The highest BCUT2D eigenvalue weighted by atomic mass is 16.5. The van der Waals surface area contributed by atoms with Crippen LogP contribution in [0.2, 0.25) is 0 Å². The Morgan fingerprint density at radius 1 is 1.50 bits per heavy atom. The summed E-state index contributed by atoms with van der Waals surface area (Å²) >= 11 is 0. The van der Waals surface area contributed by atoms with Gasteiger partial charge in [0.2, 0.25) is 6.41 Å². The molecule has 0 radical (unpaired) electrons.